The number of carboxylic acids is 1. The van der Waals surface area contributed by atoms with Crippen LogP contribution >= 0.6 is 24.0 Å². The number of hydrogen-bond acceptors (Lipinski definition) is 6. The first-order valence-corrected chi connectivity index (χ1v) is 10.6. The Kier molecular flexibility index (Phi) is 7.37. The van der Waals surface area contributed by atoms with Crippen LogP contribution in [0.4, 0.5) is 0 Å². The lowest BCUT2D eigenvalue weighted by Crippen LogP contribution is -2.45. The van der Waals surface area contributed by atoms with Gasteiger partial charge in [-0.25, -0.2) is 9.78 Å². The van der Waals surface area contributed by atoms with Crippen molar-refractivity contribution in [1.82, 2.24) is 15.3 Å². The van der Waals surface area contributed by atoms with Crippen LogP contribution in [-0.4, -0.2) is 38.7 Å². The summed E-state index contributed by atoms with van der Waals surface area (Å²) in [6.07, 6.45) is 5.76. The maximum absolute atomic E-state index is 12.6. The highest BCUT2D eigenvalue weighted by molar-refractivity contribution is 7.80. The minimum Gasteiger partial charge on any atom is -0.480 e. The molecule has 0 saturated carbocycles. The van der Waals surface area contributed by atoms with Gasteiger partial charge in [0.1, 0.15) is 11.0 Å². The van der Waals surface area contributed by atoms with Crippen LogP contribution < -0.4 is 5.32 Å². The third-order valence-corrected chi connectivity index (χ3v) is 5.75. The highest BCUT2D eigenvalue weighted by Gasteiger charge is 2.25. The van der Waals surface area contributed by atoms with Crippen molar-refractivity contribution in [1.29, 1.82) is 0 Å². The minimum absolute atomic E-state index is 0.200. The summed E-state index contributed by atoms with van der Waals surface area (Å²) < 4.78 is 0. The lowest BCUT2D eigenvalue weighted by molar-refractivity contribution is -0.142. The van der Waals surface area contributed by atoms with Gasteiger partial charge in [0.15, 0.2) is 0 Å². The molecule has 6 nitrogen and oxygen atoms in total. The molecule has 2 aromatic heterocycles. The predicted molar refractivity (Wildman–Crippen MR) is 116 cm³/mol. The summed E-state index contributed by atoms with van der Waals surface area (Å²) in [4.78, 5) is 32.7. The van der Waals surface area contributed by atoms with E-state index in [9.17, 15) is 14.7 Å². The number of carbonyl (C=O) groups is 2. The number of nitrogens with one attached hydrogen (secondary N) is 1. The second-order valence-electron chi connectivity index (χ2n) is 6.58. The smallest absolute Gasteiger partial charge is 0.326 e. The van der Waals surface area contributed by atoms with Crippen LogP contribution in [0.3, 0.4) is 0 Å². The number of carboxylic acid groups (broad SMARTS) is 1. The number of aromatic nitrogens is 2. The maximum atomic E-state index is 12.6. The second kappa shape index (κ2) is 10.2. The Bertz CT molecular complexity index is 932. The standard InChI is InChI=1S/C21H21N3O3S2/c25-19(17(13-28)10-15-2-1-7-22-12-15)24-18(21(26)27)11-14-3-5-16(6-4-14)20-23-8-9-29-20/h1-9,12,17-18,28H,10-11,13H2,(H,24,25)(H,26,27)/t17?,18-/m0/s1. The van der Waals surface area contributed by atoms with Crippen LogP contribution in [0.15, 0.2) is 60.4 Å². The van der Waals surface area contributed by atoms with E-state index in [4.69, 9.17) is 0 Å². The number of aliphatic carboxylic acids is 1. The first-order valence-electron chi connectivity index (χ1n) is 9.08. The Morgan fingerprint density at radius 3 is 2.48 bits per heavy atom. The number of hydrogen-bond donors (Lipinski definition) is 3. The van der Waals surface area contributed by atoms with E-state index in [-0.39, 0.29) is 12.3 Å². The number of pyridine rings is 1. The van der Waals surface area contributed by atoms with Crippen molar-refractivity contribution in [2.24, 2.45) is 5.92 Å². The summed E-state index contributed by atoms with van der Waals surface area (Å²) in [5.41, 5.74) is 2.71. The molecule has 1 amide bonds. The second-order valence-corrected chi connectivity index (χ2v) is 7.84. The van der Waals surface area contributed by atoms with E-state index in [0.29, 0.717) is 12.2 Å². The third kappa shape index (κ3) is 5.88. The summed E-state index contributed by atoms with van der Waals surface area (Å²) in [5, 5.41) is 15.1. The van der Waals surface area contributed by atoms with Crippen LogP contribution in [0.25, 0.3) is 10.6 Å². The number of amides is 1. The van der Waals surface area contributed by atoms with Gasteiger partial charge < -0.3 is 10.4 Å². The molecule has 2 heterocycles. The highest BCUT2D eigenvalue weighted by Crippen LogP contribution is 2.22. The van der Waals surface area contributed by atoms with Gasteiger partial charge in [-0.05, 0) is 23.6 Å². The van der Waals surface area contributed by atoms with E-state index in [1.54, 1.807) is 36.0 Å². The van der Waals surface area contributed by atoms with Crippen molar-refractivity contribution < 1.29 is 14.7 Å². The molecular formula is C21H21N3O3S2. The average Bonchev–Trinajstić information content (AvgIpc) is 3.27. The van der Waals surface area contributed by atoms with E-state index in [1.807, 2.05) is 35.7 Å². The number of carbonyl (C=O) groups excluding carboxylic acids is 1. The van der Waals surface area contributed by atoms with Gasteiger partial charge in [-0.3, -0.25) is 9.78 Å². The van der Waals surface area contributed by atoms with E-state index in [2.05, 4.69) is 27.9 Å². The van der Waals surface area contributed by atoms with Crippen LogP contribution in [0.5, 0.6) is 0 Å². The van der Waals surface area contributed by atoms with Crippen molar-refractivity contribution in [3.05, 3.63) is 71.5 Å². The zero-order valence-corrected chi connectivity index (χ0v) is 17.3. The fourth-order valence-electron chi connectivity index (χ4n) is 2.92. The van der Waals surface area contributed by atoms with Crippen molar-refractivity contribution in [2.45, 2.75) is 18.9 Å². The molecule has 0 spiro atoms. The largest absolute Gasteiger partial charge is 0.480 e. The lowest BCUT2D eigenvalue weighted by atomic mass is 9.99. The van der Waals surface area contributed by atoms with Crippen molar-refractivity contribution in [3.8, 4) is 10.6 Å². The number of benzene rings is 1. The third-order valence-electron chi connectivity index (χ3n) is 4.48. The Hall–Kier alpha value is -2.71. The van der Waals surface area contributed by atoms with Gasteiger partial charge in [-0.2, -0.15) is 12.6 Å². The molecule has 3 rings (SSSR count). The van der Waals surface area contributed by atoms with Crippen molar-refractivity contribution in [3.63, 3.8) is 0 Å². The fraction of sp³-hybridized carbons (Fsp3) is 0.238. The summed E-state index contributed by atoms with van der Waals surface area (Å²) >= 11 is 5.81. The Balaban J connectivity index is 1.64. The number of thiazole rings is 1. The summed E-state index contributed by atoms with van der Waals surface area (Å²) in [7, 11) is 0. The Morgan fingerprint density at radius 1 is 1.10 bits per heavy atom. The van der Waals surface area contributed by atoms with Gasteiger partial charge in [0, 0.05) is 41.7 Å². The van der Waals surface area contributed by atoms with Gasteiger partial charge in [0.25, 0.3) is 0 Å². The number of thiol groups is 1. The Labute approximate surface area is 178 Å². The van der Waals surface area contributed by atoms with E-state index >= 15 is 0 Å². The van der Waals surface area contributed by atoms with E-state index in [0.717, 1.165) is 21.7 Å². The lowest BCUT2D eigenvalue weighted by Gasteiger charge is -2.19. The predicted octanol–water partition coefficient (Wildman–Crippen LogP) is 3.11. The van der Waals surface area contributed by atoms with Gasteiger partial charge in [-0.1, -0.05) is 30.3 Å². The SMILES string of the molecule is O=C(N[C@@H](Cc1ccc(-c2nccs2)cc1)C(=O)O)C(CS)Cc1cccnc1. The molecule has 0 aliphatic carbocycles. The molecule has 3 aromatic rings. The molecular weight excluding hydrogens is 406 g/mol. The van der Waals surface area contributed by atoms with Gasteiger partial charge in [0.05, 0.1) is 5.92 Å². The average molecular weight is 428 g/mol. The fourth-order valence-corrected chi connectivity index (χ4v) is 3.86. The molecule has 0 aliphatic heterocycles. The minimum atomic E-state index is -1.07. The molecule has 29 heavy (non-hydrogen) atoms. The number of nitrogens with zero attached hydrogens (tertiary/aromatic N) is 2. The van der Waals surface area contributed by atoms with Gasteiger partial charge in [-0.15, -0.1) is 11.3 Å². The first kappa shape index (κ1) is 21.0. The molecule has 2 N–H and O–H groups in total. The topological polar surface area (TPSA) is 92.2 Å². The van der Waals surface area contributed by atoms with Crippen LogP contribution in [0.2, 0.25) is 0 Å². The first-order chi connectivity index (χ1) is 14.1. The monoisotopic (exact) mass is 427 g/mol. The van der Waals surface area contributed by atoms with Gasteiger partial charge in [0.2, 0.25) is 5.91 Å². The summed E-state index contributed by atoms with van der Waals surface area (Å²) in [6.45, 7) is 0. The van der Waals surface area contributed by atoms with Crippen molar-refractivity contribution >= 4 is 35.8 Å². The number of rotatable bonds is 9. The molecule has 8 heteroatoms. The summed E-state index contributed by atoms with van der Waals surface area (Å²) in [5.74, 6) is -1.51. The molecule has 0 saturated heterocycles. The Morgan fingerprint density at radius 2 is 1.90 bits per heavy atom. The maximum Gasteiger partial charge on any atom is 0.326 e. The van der Waals surface area contributed by atoms with E-state index in [1.165, 1.54) is 0 Å². The molecule has 0 radical (unpaired) electrons. The van der Waals surface area contributed by atoms with Crippen LogP contribution in [-0.2, 0) is 22.4 Å². The summed E-state index contributed by atoms with van der Waals surface area (Å²) in [6, 6.07) is 10.2. The van der Waals surface area contributed by atoms with Gasteiger partial charge >= 0.3 is 5.97 Å². The molecule has 0 aliphatic rings. The highest BCUT2D eigenvalue weighted by atomic mass is 32.1. The quantitative estimate of drug-likeness (QED) is 0.457. The molecule has 2 atom stereocenters. The molecule has 0 bridgehead atoms. The van der Waals surface area contributed by atoms with Crippen LogP contribution in [0.1, 0.15) is 11.1 Å². The van der Waals surface area contributed by atoms with E-state index < -0.39 is 17.9 Å². The zero-order chi connectivity index (χ0) is 20.6. The molecule has 150 valence electrons. The molecule has 1 unspecified atom stereocenters. The zero-order valence-electron chi connectivity index (χ0n) is 15.6. The van der Waals surface area contributed by atoms with Crippen molar-refractivity contribution in [2.75, 3.05) is 5.75 Å². The molecule has 0 fully saturated rings. The normalized spacial score (nSPS) is 12.9. The van der Waals surface area contributed by atoms with Crippen LogP contribution in [0, 0.1) is 5.92 Å². The molecule has 1 aromatic carbocycles.